The number of rotatable bonds is 7. The molecule has 2 aromatic heterocycles. The summed E-state index contributed by atoms with van der Waals surface area (Å²) in [5, 5.41) is 7.38. The highest BCUT2D eigenvalue weighted by atomic mass is 32.2. The van der Waals surface area contributed by atoms with Crippen LogP contribution in [0.3, 0.4) is 0 Å². The number of hydrogen-bond donors (Lipinski definition) is 1. The molecule has 5 rings (SSSR count). The minimum atomic E-state index is -0.423. The molecule has 1 aliphatic rings. The summed E-state index contributed by atoms with van der Waals surface area (Å²) in [6.07, 6.45) is 4.58. The van der Waals surface area contributed by atoms with Crippen LogP contribution in [0.4, 0.5) is 4.79 Å². The molecule has 178 valence electrons. The lowest BCUT2D eigenvalue weighted by atomic mass is 9.93. The number of carbonyl (C=O) groups excluding carboxylic acids is 1. The molecular formula is C27H26N4O3S. The van der Waals surface area contributed by atoms with Crippen LogP contribution < -0.4 is 5.32 Å². The maximum atomic E-state index is 13.2. The van der Waals surface area contributed by atoms with Gasteiger partial charge in [0, 0.05) is 16.2 Å². The molecule has 1 atom stereocenters. The third kappa shape index (κ3) is 4.61. The SMILES string of the molecule is CCc1ccc(C2NC(=O)N(Cc3ccco3)C(C)=C2c2nc(-c3ccc(SC)cc3)no2)cc1. The van der Waals surface area contributed by atoms with Crippen molar-refractivity contribution < 1.29 is 13.7 Å². The van der Waals surface area contributed by atoms with E-state index < -0.39 is 6.04 Å². The lowest BCUT2D eigenvalue weighted by Gasteiger charge is -2.34. The summed E-state index contributed by atoms with van der Waals surface area (Å²) in [4.78, 5) is 20.7. The van der Waals surface area contributed by atoms with Crippen molar-refractivity contribution in [3.8, 4) is 11.4 Å². The van der Waals surface area contributed by atoms with Crippen LogP contribution >= 0.6 is 11.8 Å². The smallest absolute Gasteiger partial charge is 0.322 e. The number of thioether (sulfide) groups is 1. The number of furan rings is 1. The maximum absolute atomic E-state index is 13.2. The molecule has 0 radical (unpaired) electrons. The van der Waals surface area contributed by atoms with Crippen LogP contribution in [0.2, 0.25) is 0 Å². The number of aryl methyl sites for hydroxylation is 1. The zero-order valence-corrected chi connectivity index (χ0v) is 20.6. The van der Waals surface area contributed by atoms with E-state index in [1.165, 1.54) is 5.56 Å². The molecule has 0 fully saturated rings. The first kappa shape index (κ1) is 23.0. The first-order valence-electron chi connectivity index (χ1n) is 11.5. The molecule has 3 heterocycles. The predicted octanol–water partition coefficient (Wildman–Crippen LogP) is 6.31. The van der Waals surface area contributed by atoms with Crippen LogP contribution in [0.15, 0.2) is 86.5 Å². The van der Waals surface area contributed by atoms with Gasteiger partial charge in [-0.05, 0) is 67.1 Å². The number of nitrogens with zero attached hydrogens (tertiary/aromatic N) is 3. The first-order chi connectivity index (χ1) is 17.1. The van der Waals surface area contributed by atoms with Gasteiger partial charge >= 0.3 is 6.03 Å². The van der Waals surface area contributed by atoms with E-state index in [2.05, 4.69) is 29.5 Å². The van der Waals surface area contributed by atoms with E-state index in [4.69, 9.17) is 13.9 Å². The number of amides is 2. The van der Waals surface area contributed by atoms with Crippen molar-refractivity contribution in [1.29, 1.82) is 0 Å². The number of urea groups is 1. The fraction of sp³-hybridized carbons (Fsp3) is 0.222. The van der Waals surface area contributed by atoms with Crippen molar-refractivity contribution in [2.45, 2.75) is 37.8 Å². The molecule has 0 bridgehead atoms. The third-order valence-corrected chi connectivity index (χ3v) is 6.96. The van der Waals surface area contributed by atoms with Crippen molar-refractivity contribution in [3.05, 3.63) is 95.4 Å². The van der Waals surface area contributed by atoms with Gasteiger partial charge in [0.2, 0.25) is 5.82 Å². The third-order valence-electron chi connectivity index (χ3n) is 6.22. The monoisotopic (exact) mass is 486 g/mol. The number of allylic oxidation sites excluding steroid dienone is 1. The van der Waals surface area contributed by atoms with Crippen LogP contribution in [0, 0.1) is 0 Å². The lowest BCUT2D eigenvalue weighted by Crippen LogP contribution is -2.45. The minimum absolute atomic E-state index is 0.209. The van der Waals surface area contributed by atoms with E-state index >= 15 is 0 Å². The molecule has 1 aliphatic heterocycles. The van der Waals surface area contributed by atoms with Gasteiger partial charge in [-0.25, -0.2) is 4.79 Å². The Balaban J connectivity index is 1.57. The molecule has 1 N–H and O–H groups in total. The molecule has 0 saturated heterocycles. The Bertz CT molecular complexity index is 1340. The van der Waals surface area contributed by atoms with Crippen molar-refractivity contribution in [1.82, 2.24) is 20.4 Å². The van der Waals surface area contributed by atoms with Gasteiger partial charge in [0.1, 0.15) is 5.76 Å². The fourth-order valence-corrected chi connectivity index (χ4v) is 4.60. The lowest BCUT2D eigenvalue weighted by molar-refractivity contribution is 0.199. The summed E-state index contributed by atoms with van der Waals surface area (Å²) in [6, 6.07) is 19.3. The molecule has 0 aliphatic carbocycles. The number of carbonyl (C=O) groups is 1. The Labute approximate surface area is 208 Å². The Morgan fingerprint density at radius 3 is 2.51 bits per heavy atom. The van der Waals surface area contributed by atoms with Crippen molar-refractivity contribution in [2.75, 3.05) is 6.26 Å². The van der Waals surface area contributed by atoms with Crippen LogP contribution in [-0.4, -0.2) is 27.3 Å². The zero-order valence-electron chi connectivity index (χ0n) is 19.8. The van der Waals surface area contributed by atoms with E-state index in [0.29, 0.717) is 24.0 Å². The Kier molecular flexibility index (Phi) is 6.46. The second-order valence-corrected chi connectivity index (χ2v) is 9.17. The molecule has 2 amide bonds. The highest BCUT2D eigenvalue weighted by Gasteiger charge is 2.36. The predicted molar refractivity (Wildman–Crippen MR) is 135 cm³/mol. The minimum Gasteiger partial charge on any atom is -0.467 e. The van der Waals surface area contributed by atoms with E-state index in [1.54, 1.807) is 22.9 Å². The second-order valence-electron chi connectivity index (χ2n) is 8.29. The van der Waals surface area contributed by atoms with Gasteiger partial charge < -0.3 is 14.3 Å². The Morgan fingerprint density at radius 2 is 1.86 bits per heavy atom. The van der Waals surface area contributed by atoms with E-state index in [0.717, 1.165) is 33.7 Å². The molecular weight excluding hydrogens is 460 g/mol. The van der Waals surface area contributed by atoms with Crippen LogP contribution in [0.1, 0.15) is 42.7 Å². The molecule has 7 nitrogen and oxygen atoms in total. The van der Waals surface area contributed by atoms with Crippen LogP contribution in [0.5, 0.6) is 0 Å². The molecule has 35 heavy (non-hydrogen) atoms. The molecule has 0 spiro atoms. The molecule has 0 saturated carbocycles. The summed E-state index contributed by atoms with van der Waals surface area (Å²) in [5.74, 6) is 1.56. The topological polar surface area (TPSA) is 84.4 Å². The average molecular weight is 487 g/mol. The maximum Gasteiger partial charge on any atom is 0.322 e. The van der Waals surface area contributed by atoms with Crippen LogP contribution in [-0.2, 0) is 13.0 Å². The number of hydrogen-bond acceptors (Lipinski definition) is 6. The molecule has 8 heteroatoms. The molecule has 2 aromatic carbocycles. The fourth-order valence-electron chi connectivity index (χ4n) is 4.19. The highest BCUT2D eigenvalue weighted by molar-refractivity contribution is 7.98. The Hall–Kier alpha value is -3.78. The number of nitrogens with one attached hydrogen (secondary N) is 1. The van der Waals surface area contributed by atoms with Gasteiger partial charge in [-0.2, -0.15) is 4.98 Å². The van der Waals surface area contributed by atoms with E-state index in [1.807, 2.05) is 61.7 Å². The van der Waals surface area contributed by atoms with E-state index in [-0.39, 0.29) is 6.03 Å². The molecule has 4 aromatic rings. The van der Waals surface area contributed by atoms with Crippen LogP contribution in [0.25, 0.3) is 17.0 Å². The number of aromatic nitrogens is 2. The standard InChI is InChI=1S/C27H26N4O3S/c1-4-18-7-9-19(10-8-18)24-23(17(2)31(27(32)28-24)16-21-6-5-15-33-21)26-29-25(30-34-26)20-11-13-22(35-3)14-12-20/h5-15,24H,4,16H2,1-3H3,(H,28,32). The summed E-state index contributed by atoms with van der Waals surface area (Å²) in [6.45, 7) is 4.32. The first-order valence-corrected chi connectivity index (χ1v) is 12.7. The molecule has 1 unspecified atom stereocenters. The zero-order chi connectivity index (χ0) is 24.4. The number of benzene rings is 2. The normalized spacial score (nSPS) is 16.0. The van der Waals surface area contributed by atoms with Gasteiger partial charge in [-0.1, -0.05) is 36.3 Å². The van der Waals surface area contributed by atoms with E-state index in [9.17, 15) is 4.79 Å². The highest BCUT2D eigenvalue weighted by Crippen LogP contribution is 2.38. The average Bonchev–Trinajstić information content (AvgIpc) is 3.59. The second kappa shape index (κ2) is 9.84. The Morgan fingerprint density at radius 1 is 1.09 bits per heavy atom. The largest absolute Gasteiger partial charge is 0.467 e. The van der Waals surface area contributed by atoms with Gasteiger partial charge in [0.25, 0.3) is 5.89 Å². The van der Waals surface area contributed by atoms with Crippen molar-refractivity contribution in [2.24, 2.45) is 0 Å². The summed E-state index contributed by atoms with van der Waals surface area (Å²) >= 11 is 1.68. The van der Waals surface area contributed by atoms with Gasteiger partial charge in [-0.3, -0.25) is 4.90 Å². The summed E-state index contributed by atoms with van der Waals surface area (Å²) in [7, 11) is 0. The van der Waals surface area contributed by atoms with Gasteiger partial charge in [-0.15, -0.1) is 11.8 Å². The quantitative estimate of drug-likeness (QED) is 0.308. The summed E-state index contributed by atoms with van der Waals surface area (Å²) in [5.41, 5.74) is 4.55. The van der Waals surface area contributed by atoms with Gasteiger partial charge in [0.15, 0.2) is 0 Å². The van der Waals surface area contributed by atoms with Crippen molar-refractivity contribution >= 4 is 23.4 Å². The summed E-state index contributed by atoms with van der Waals surface area (Å²) < 4.78 is 11.3. The van der Waals surface area contributed by atoms with Gasteiger partial charge in [0.05, 0.1) is 24.4 Å². The van der Waals surface area contributed by atoms with Crippen molar-refractivity contribution in [3.63, 3.8) is 0 Å².